The van der Waals surface area contributed by atoms with Crippen molar-refractivity contribution in [3.05, 3.63) is 64.2 Å². The van der Waals surface area contributed by atoms with Gasteiger partial charge in [0.25, 0.3) is 5.56 Å². The minimum absolute atomic E-state index is 0.240. The third-order valence-corrected chi connectivity index (χ3v) is 8.14. The van der Waals surface area contributed by atoms with Gasteiger partial charge < -0.3 is 25.5 Å². The van der Waals surface area contributed by atoms with Crippen LogP contribution in [0.5, 0.6) is 0 Å². The van der Waals surface area contributed by atoms with E-state index >= 15 is 0 Å². The molecule has 5 N–H and O–H groups in total. The summed E-state index contributed by atoms with van der Waals surface area (Å²) in [6, 6.07) is 9.08. The molecule has 2 aliphatic rings. The number of aliphatic hydroxyl groups excluding tert-OH is 3. The fourth-order valence-electron chi connectivity index (χ4n) is 5.08. The van der Waals surface area contributed by atoms with Crippen molar-refractivity contribution in [1.29, 1.82) is 0 Å². The van der Waals surface area contributed by atoms with Gasteiger partial charge in [-0.25, -0.2) is 4.98 Å². The number of pyridine rings is 1. The van der Waals surface area contributed by atoms with E-state index in [9.17, 15) is 20.1 Å². The number of fused-ring (bicyclic) bond motifs is 2. The van der Waals surface area contributed by atoms with Crippen LogP contribution in [0.4, 0.5) is 11.8 Å². The van der Waals surface area contributed by atoms with Crippen LogP contribution in [0.3, 0.4) is 0 Å². The average Bonchev–Trinajstić information content (AvgIpc) is 3.44. The zero-order valence-corrected chi connectivity index (χ0v) is 20.1. The van der Waals surface area contributed by atoms with E-state index in [-0.39, 0.29) is 17.7 Å². The maximum absolute atomic E-state index is 13.5. The molecular weight excluding hydrogens is 480 g/mol. The van der Waals surface area contributed by atoms with Gasteiger partial charge in [-0.2, -0.15) is 4.98 Å². The number of hydrogen-bond donors (Lipinski definition) is 5. The molecule has 1 fully saturated rings. The standard InChI is InChI=1S/C25H26N6O4S/c32-12-14-9-17(21(34)20(14)33)27-22-19(24-28-16-3-1-2-4-18(16)36-24)23(35)30-25(29-22)31-8-6-13-5-7-26-10-15(13)11-31/h1-5,7,10,14,17,20-21,32-34H,6,8-9,11-12H2,(H2,27,29,30,35)/t14-,17-,20-,21+/m1/s1. The third kappa shape index (κ3) is 4.03. The quantitative estimate of drug-likeness (QED) is 0.272. The number of anilines is 2. The first-order valence-corrected chi connectivity index (χ1v) is 12.7. The highest BCUT2D eigenvalue weighted by Crippen LogP contribution is 2.35. The molecule has 0 radical (unpaired) electrons. The number of nitrogens with one attached hydrogen (secondary N) is 2. The van der Waals surface area contributed by atoms with Gasteiger partial charge in [0.05, 0.1) is 22.4 Å². The van der Waals surface area contributed by atoms with E-state index in [2.05, 4.69) is 20.3 Å². The van der Waals surface area contributed by atoms with Gasteiger partial charge in [-0.05, 0) is 42.2 Å². The lowest BCUT2D eigenvalue weighted by Crippen LogP contribution is -2.37. The van der Waals surface area contributed by atoms with E-state index in [1.165, 1.54) is 16.9 Å². The molecule has 0 amide bonds. The van der Waals surface area contributed by atoms with Gasteiger partial charge in [-0.1, -0.05) is 12.1 Å². The number of benzene rings is 1. The normalized spacial score (nSPS) is 23.7. The van der Waals surface area contributed by atoms with Crippen LogP contribution in [-0.4, -0.2) is 66.7 Å². The fraction of sp³-hybridized carbons (Fsp3) is 0.360. The maximum atomic E-state index is 13.5. The zero-order valence-electron chi connectivity index (χ0n) is 19.3. The summed E-state index contributed by atoms with van der Waals surface area (Å²) in [5.74, 6) is 0.240. The van der Waals surface area contributed by atoms with Crippen LogP contribution in [0.15, 0.2) is 47.5 Å². The Bertz CT molecular complexity index is 1440. The Balaban J connectivity index is 1.42. The predicted molar refractivity (Wildman–Crippen MR) is 137 cm³/mol. The third-order valence-electron chi connectivity index (χ3n) is 7.09. The summed E-state index contributed by atoms with van der Waals surface area (Å²) in [5.41, 5.74) is 3.03. The topological polar surface area (TPSA) is 147 Å². The largest absolute Gasteiger partial charge is 0.396 e. The van der Waals surface area contributed by atoms with Crippen LogP contribution >= 0.6 is 11.3 Å². The number of H-pyrrole nitrogens is 1. The second-order valence-corrected chi connectivity index (χ2v) is 10.4. The Kier molecular flexibility index (Phi) is 5.92. The zero-order chi connectivity index (χ0) is 24.8. The molecule has 4 heterocycles. The number of aliphatic hydroxyl groups is 3. The Morgan fingerprint density at radius 3 is 2.81 bits per heavy atom. The van der Waals surface area contributed by atoms with Crippen molar-refractivity contribution in [2.75, 3.05) is 23.4 Å². The van der Waals surface area contributed by atoms with Crippen LogP contribution in [0.25, 0.3) is 20.8 Å². The molecule has 11 heteroatoms. The molecule has 0 saturated heterocycles. The molecule has 3 aromatic heterocycles. The lowest BCUT2D eigenvalue weighted by atomic mass is 10.0. The Hall–Kier alpha value is -3.38. The van der Waals surface area contributed by atoms with Gasteiger partial charge in [-0.15, -0.1) is 11.3 Å². The molecular formula is C25H26N6O4S. The minimum Gasteiger partial charge on any atom is -0.396 e. The summed E-state index contributed by atoms with van der Waals surface area (Å²) in [4.78, 5) is 32.1. The SMILES string of the molecule is O=c1[nH]c(N2CCc3ccncc3C2)nc(N[C@@H]2C[C@H](CO)[C@@H](O)[C@H]2O)c1-c1nc2ccccc2s1. The summed E-state index contributed by atoms with van der Waals surface area (Å²) in [5, 5.41) is 34.3. The minimum atomic E-state index is -1.11. The number of thiazole rings is 1. The maximum Gasteiger partial charge on any atom is 0.264 e. The molecule has 1 aromatic carbocycles. The molecule has 1 saturated carbocycles. The van der Waals surface area contributed by atoms with Crippen molar-refractivity contribution in [3.63, 3.8) is 0 Å². The molecule has 0 bridgehead atoms. The first kappa shape index (κ1) is 23.0. The Morgan fingerprint density at radius 2 is 2.00 bits per heavy atom. The molecule has 4 aromatic rings. The number of nitrogens with zero attached hydrogens (tertiary/aromatic N) is 4. The summed E-state index contributed by atoms with van der Waals surface area (Å²) in [7, 11) is 0. The number of para-hydroxylation sites is 1. The van der Waals surface area contributed by atoms with E-state index in [1.54, 1.807) is 6.20 Å². The lowest BCUT2D eigenvalue weighted by molar-refractivity contribution is 0.00446. The van der Waals surface area contributed by atoms with Crippen LogP contribution in [0.2, 0.25) is 0 Å². The first-order chi connectivity index (χ1) is 17.5. The summed E-state index contributed by atoms with van der Waals surface area (Å²) in [6.07, 6.45) is 2.58. The number of rotatable bonds is 5. The second-order valence-electron chi connectivity index (χ2n) is 9.33. The highest BCUT2D eigenvalue weighted by molar-refractivity contribution is 7.21. The summed E-state index contributed by atoms with van der Waals surface area (Å²) < 4.78 is 0.943. The number of aromatic nitrogens is 4. The number of aromatic amines is 1. The first-order valence-electron chi connectivity index (χ1n) is 11.9. The van der Waals surface area contributed by atoms with E-state index in [4.69, 9.17) is 4.98 Å². The molecule has 0 unspecified atom stereocenters. The molecule has 6 rings (SSSR count). The second kappa shape index (κ2) is 9.25. The van der Waals surface area contributed by atoms with Gasteiger partial charge in [-0.3, -0.25) is 14.8 Å². The van der Waals surface area contributed by atoms with Gasteiger partial charge >= 0.3 is 0 Å². The smallest absolute Gasteiger partial charge is 0.264 e. The Morgan fingerprint density at radius 1 is 1.14 bits per heavy atom. The molecule has 1 aliphatic carbocycles. The van der Waals surface area contributed by atoms with Crippen LogP contribution in [0.1, 0.15) is 17.5 Å². The van der Waals surface area contributed by atoms with Crippen molar-refractivity contribution in [2.45, 2.75) is 37.6 Å². The number of hydrogen-bond acceptors (Lipinski definition) is 10. The molecule has 36 heavy (non-hydrogen) atoms. The summed E-state index contributed by atoms with van der Waals surface area (Å²) in [6.45, 7) is 0.997. The highest BCUT2D eigenvalue weighted by atomic mass is 32.1. The van der Waals surface area contributed by atoms with Crippen LogP contribution < -0.4 is 15.8 Å². The fourth-order valence-corrected chi connectivity index (χ4v) is 6.09. The lowest BCUT2D eigenvalue weighted by Gasteiger charge is -2.29. The van der Waals surface area contributed by atoms with E-state index in [1.807, 2.05) is 41.4 Å². The Labute approximate surface area is 210 Å². The molecule has 4 atom stereocenters. The van der Waals surface area contributed by atoms with Crippen molar-refractivity contribution >= 4 is 33.3 Å². The van der Waals surface area contributed by atoms with Crippen LogP contribution in [0, 0.1) is 5.92 Å². The highest BCUT2D eigenvalue weighted by Gasteiger charge is 2.41. The van der Waals surface area contributed by atoms with Gasteiger partial charge in [0, 0.05) is 38.0 Å². The van der Waals surface area contributed by atoms with Gasteiger partial charge in [0.2, 0.25) is 5.95 Å². The molecule has 10 nitrogen and oxygen atoms in total. The van der Waals surface area contributed by atoms with Crippen molar-refractivity contribution in [2.24, 2.45) is 5.92 Å². The predicted octanol–water partition coefficient (Wildman–Crippen LogP) is 1.52. The van der Waals surface area contributed by atoms with Crippen LogP contribution in [-0.2, 0) is 13.0 Å². The molecule has 1 aliphatic heterocycles. The van der Waals surface area contributed by atoms with Gasteiger partial charge in [0.1, 0.15) is 22.5 Å². The van der Waals surface area contributed by atoms with Gasteiger partial charge in [0.15, 0.2) is 0 Å². The van der Waals surface area contributed by atoms with E-state index < -0.39 is 24.2 Å². The van der Waals surface area contributed by atoms with E-state index in [0.717, 1.165) is 22.2 Å². The van der Waals surface area contributed by atoms with E-state index in [0.29, 0.717) is 36.3 Å². The average molecular weight is 507 g/mol. The monoisotopic (exact) mass is 506 g/mol. The van der Waals surface area contributed by atoms with Crippen molar-refractivity contribution in [1.82, 2.24) is 19.9 Å². The van der Waals surface area contributed by atoms with Crippen molar-refractivity contribution < 1.29 is 15.3 Å². The van der Waals surface area contributed by atoms with Crippen molar-refractivity contribution in [3.8, 4) is 10.6 Å². The molecule has 186 valence electrons. The molecule has 0 spiro atoms. The summed E-state index contributed by atoms with van der Waals surface area (Å²) >= 11 is 1.39.